The number of unbranched alkanes of at least 4 members (excludes halogenated alkanes) is 2. The van der Waals surface area contributed by atoms with Crippen LogP contribution in [-0.4, -0.2) is 49.3 Å². The topological polar surface area (TPSA) is 134 Å². The van der Waals surface area contributed by atoms with Crippen LogP contribution in [0.5, 0.6) is 0 Å². The van der Waals surface area contributed by atoms with Crippen LogP contribution in [0.15, 0.2) is 158 Å². The number of hydrogen-bond acceptors (Lipinski definition) is 8. The molecule has 2 unspecified atom stereocenters. The third kappa shape index (κ3) is 47.0. The molecule has 0 fully saturated rings. The van der Waals surface area contributed by atoms with Crippen molar-refractivity contribution in [2.24, 2.45) is 5.73 Å². The first-order valence-corrected chi connectivity index (χ1v) is 24.5. The van der Waals surface area contributed by atoms with Crippen LogP contribution >= 0.6 is 7.82 Å². The Labute approximate surface area is 381 Å². The lowest BCUT2D eigenvalue weighted by Crippen LogP contribution is -2.29. The molecule has 0 heterocycles. The molecule has 3 N–H and O–H groups in total. The third-order valence-corrected chi connectivity index (χ3v) is 9.43. The van der Waals surface area contributed by atoms with E-state index < -0.39 is 32.5 Å². The van der Waals surface area contributed by atoms with Crippen molar-refractivity contribution in [1.82, 2.24) is 0 Å². The quantitative estimate of drug-likeness (QED) is 0.0267. The molecule has 0 aromatic carbocycles. The zero-order valence-corrected chi connectivity index (χ0v) is 39.4. The van der Waals surface area contributed by atoms with Gasteiger partial charge in [0.1, 0.15) is 6.61 Å². The summed E-state index contributed by atoms with van der Waals surface area (Å²) < 4.78 is 32.6. The molecule has 0 radical (unpaired) electrons. The second kappa shape index (κ2) is 47.1. The predicted molar refractivity (Wildman–Crippen MR) is 265 cm³/mol. The fourth-order valence-electron chi connectivity index (χ4n) is 5.13. The van der Waals surface area contributed by atoms with Crippen LogP contribution in [0.4, 0.5) is 0 Å². The Morgan fingerprint density at radius 1 is 0.492 bits per heavy atom. The Hall–Kier alpha value is -4.37. The number of carbonyl (C=O) groups excluding carboxylic acids is 2. The molecule has 0 rings (SSSR count). The lowest BCUT2D eigenvalue weighted by molar-refractivity contribution is -0.160. The van der Waals surface area contributed by atoms with Crippen molar-refractivity contribution >= 4 is 19.8 Å². The second-order valence-electron chi connectivity index (χ2n) is 14.2. The molecule has 0 bridgehead atoms. The third-order valence-electron chi connectivity index (χ3n) is 8.44. The van der Waals surface area contributed by atoms with Crippen LogP contribution in [0, 0.1) is 0 Å². The number of carbonyl (C=O) groups is 2. The molecular weight excluding hydrogens is 810 g/mol. The average molecular weight is 890 g/mol. The van der Waals surface area contributed by atoms with Crippen LogP contribution in [0.1, 0.15) is 129 Å². The summed E-state index contributed by atoms with van der Waals surface area (Å²) in [5, 5.41) is 0. The summed E-state index contributed by atoms with van der Waals surface area (Å²) in [5.74, 6) is -1.05. The molecule has 63 heavy (non-hydrogen) atoms. The Bertz CT molecular complexity index is 1570. The molecule has 350 valence electrons. The minimum atomic E-state index is -4.43. The first kappa shape index (κ1) is 58.6. The highest BCUT2D eigenvalue weighted by molar-refractivity contribution is 7.47. The van der Waals surface area contributed by atoms with E-state index in [1.807, 2.05) is 12.2 Å². The molecule has 10 heteroatoms. The van der Waals surface area contributed by atoms with Gasteiger partial charge >= 0.3 is 19.8 Å². The zero-order valence-electron chi connectivity index (χ0n) is 38.5. The van der Waals surface area contributed by atoms with Crippen molar-refractivity contribution in [3.05, 3.63) is 158 Å². The molecule has 0 amide bonds. The summed E-state index contributed by atoms with van der Waals surface area (Å²) >= 11 is 0. The van der Waals surface area contributed by atoms with Crippen molar-refractivity contribution in [2.75, 3.05) is 26.4 Å². The van der Waals surface area contributed by atoms with Gasteiger partial charge in [-0.1, -0.05) is 172 Å². The molecule has 0 aliphatic rings. The zero-order chi connectivity index (χ0) is 46.0. The van der Waals surface area contributed by atoms with E-state index in [9.17, 15) is 19.0 Å². The molecule has 0 aromatic heterocycles. The molecular formula is C53H80NO8P. The molecule has 0 spiro atoms. The highest BCUT2D eigenvalue weighted by Gasteiger charge is 2.25. The largest absolute Gasteiger partial charge is 0.472 e. The van der Waals surface area contributed by atoms with Crippen LogP contribution < -0.4 is 5.73 Å². The molecule has 0 saturated carbocycles. The van der Waals surface area contributed by atoms with Gasteiger partial charge in [0.25, 0.3) is 0 Å². The maximum atomic E-state index is 12.6. The lowest BCUT2D eigenvalue weighted by atomic mass is 10.2. The van der Waals surface area contributed by atoms with Gasteiger partial charge in [-0.05, 0) is 103 Å². The highest BCUT2D eigenvalue weighted by atomic mass is 31.2. The van der Waals surface area contributed by atoms with Gasteiger partial charge < -0.3 is 20.1 Å². The minimum absolute atomic E-state index is 0.0245. The van der Waals surface area contributed by atoms with Crippen molar-refractivity contribution in [3.63, 3.8) is 0 Å². The number of hydrogen-bond donors (Lipinski definition) is 2. The summed E-state index contributed by atoms with van der Waals surface area (Å²) in [7, 11) is -4.43. The maximum absolute atomic E-state index is 12.6. The van der Waals surface area contributed by atoms with Gasteiger partial charge in [0.15, 0.2) is 6.10 Å². The Balaban J connectivity index is 4.34. The molecule has 0 aliphatic carbocycles. The van der Waals surface area contributed by atoms with Gasteiger partial charge in [-0.2, -0.15) is 0 Å². The molecule has 9 nitrogen and oxygen atoms in total. The van der Waals surface area contributed by atoms with E-state index in [2.05, 4.69) is 154 Å². The summed E-state index contributed by atoms with van der Waals surface area (Å²) in [6.45, 7) is 3.29. The van der Waals surface area contributed by atoms with Gasteiger partial charge in [0.2, 0.25) is 0 Å². The highest BCUT2D eigenvalue weighted by Crippen LogP contribution is 2.43. The Morgan fingerprint density at radius 2 is 0.857 bits per heavy atom. The first-order valence-electron chi connectivity index (χ1n) is 23.0. The number of phosphoric ester groups is 1. The SMILES string of the molecule is CC/C=C\C/C=C\C/C=C\C/C=C\C/C=C\C/C=C\C/C=C\C/C=C\CCCCC(=O)OC(COC(=O)C/C=C\C/C=C\C/C=C\C/C=C\C/C=C\CC)COP(=O)(O)OCCN. The molecule has 0 aliphatic heterocycles. The van der Waals surface area contributed by atoms with Crippen LogP contribution in [0.25, 0.3) is 0 Å². The predicted octanol–water partition coefficient (Wildman–Crippen LogP) is 13.8. The van der Waals surface area contributed by atoms with E-state index in [1.165, 1.54) is 0 Å². The van der Waals surface area contributed by atoms with E-state index in [0.29, 0.717) is 12.8 Å². The lowest BCUT2D eigenvalue weighted by Gasteiger charge is -2.19. The Morgan fingerprint density at radius 3 is 1.24 bits per heavy atom. The number of rotatable bonds is 40. The van der Waals surface area contributed by atoms with Gasteiger partial charge in [0, 0.05) is 13.0 Å². The fourth-order valence-corrected chi connectivity index (χ4v) is 5.90. The van der Waals surface area contributed by atoms with Crippen LogP contribution in [0.3, 0.4) is 0 Å². The Kier molecular flexibility index (Phi) is 43.8. The van der Waals surface area contributed by atoms with Gasteiger partial charge in [-0.3, -0.25) is 18.6 Å². The van der Waals surface area contributed by atoms with Crippen LogP contribution in [0.2, 0.25) is 0 Å². The summed E-state index contributed by atoms with van der Waals surface area (Å²) in [4.78, 5) is 34.8. The summed E-state index contributed by atoms with van der Waals surface area (Å²) in [6.07, 6.45) is 68.8. The molecule has 0 saturated heterocycles. The number of phosphoric acid groups is 1. The normalized spacial score (nSPS) is 14.7. The van der Waals surface area contributed by atoms with Crippen molar-refractivity contribution in [3.8, 4) is 0 Å². The maximum Gasteiger partial charge on any atom is 0.472 e. The minimum Gasteiger partial charge on any atom is -0.461 e. The monoisotopic (exact) mass is 890 g/mol. The molecule has 0 aromatic rings. The first-order chi connectivity index (χ1) is 30.8. The summed E-state index contributed by atoms with van der Waals surface area (Å²) in [5.41, 5.74) is 5.34. The van der Waals surface area contributed by atoms with E-state index in [-0.39, 0.29) is 32.6 Å². The van der Waals surface area contributed by atoms with E-state index in [1.54, 1.807) is 6.08 Å². The van der Waals surface area contributed by atoms with Gasteiger partial charge in [-0.15, -0.1) is 0 Å². The number of ether oxygens (including phenoxy) is 2. The van der Waals surface area contributed by atoms with E-state index in [0.717, 1.165) is 89.9 Å². The van der Waals surface area contributed by atoms with Gasteiger partial charge in [-0.25, -0.2) is 4.57 Å². The van der Waals surface area contributed by atoms with E-state index in [4.69, 9.17) is 24.3 Å². The smallest absolute Gasteiger partial charge is 0.461 e. The standard InChI is InChI=1S/C53H80NO8P/c1-3-5-7-9-11-13-15-17-19-20-21-22-23-24-25-26-27-28-29-30-32-34-36-38-40-42-44-46-53(56)62-51(50-61-63(57,58)60-48-47-54)49-59-52(55)45-43-41-39-37-35-33-31-18-16-14-12-10-8-6-4-2/h5-8,11-14,17-19,21-22,24-25,27-28,30-32,35-38,41,43,51H,3-4,9-10,15-16,20,23,26,29,33-34,39-40,42,44-50,54H2,1-2H3,(H,57,58)/b7-5-,8-6-,13-11-,14-12-,19-17-,22-21-,25-24-,28-27-,31-18-,32-30-,37-35-,38-36-,43-41-. The molecule has 2 atom stereocenters. The number of nitrogens with two attached hydrogens (primary N) is 1. The van der Waals surface area contributed by atoms with Gasteiger partial charge in [0.05, 0.1) is 19.6 Å². The fraction of sp³-hybridized carbons (Fsp3) is 0.472. The second-order valence-corrected chi connectivity index (χ2v) is 15.6. The number of esters is 2. The number of allylic oxidation sites excluding steroid dienone is 25. The van der Waals surface area contributed by atoms with Crippen LogP contribution in [-0.2, 0) is 32.7 Å². The summed E-state index contributed by atoms with van der Waals surface area (Å²) in [6, 6.07) is 0. The van der Waals surface area contributed by atoms with Crippen molar-refractivity contribution in [1.29, 1.82) is 0 Å². The van der Waals surface area contributed by atoms with Crippen molar-refractivity contribution in [2.45, 2.75) is 136 Å². The average Bonchev–Trinajstić information content (AvgIpc) is 3.27. The van der Waals surface area contributed by atoms with Crippen molar-refractivity contribution < 1.29 is 37.6 Å². The van der Waals surface area contributed by atoms with E-state index >= 15 is 0 Å².